The number of nitrogens with one attached hydrogen (secondary N) is 1. The lowest BCUT2D eigenvalue weighted by molar-refractivity contribution is -0.384. The summed E-state index contributed by atoms with van der Waals surface area (Å²) in [5.74, 6) is -1.21. The van der Waals surface area contributed by atoms with Gasteiger partial charge < -0.3 is 10.1 Å². The Balaban J connectivity index is 2.00. The molecule has 1 atom stereocenters. The van der Waals surface area contributed by atoms with Crippen molar-refractivity contribution in [3.05, 3.63) is 39.7 Å². The average Bonchev–Trinajstić information content (AvgIpc) is 2.46. The van der Waals surface area contributed by atoms with Gasteiger partial charge in [-0.05, 0) is 24.8 Å². The first-order chi connectivity index (χ1) is 9.58. The molecule has 1 amide bonds. The van der Waals surface area contributed by atoms with E-state index in [-0.39, 0.29) is 17.2 Å². The highest BCUT2D eigenvalue weighted by Gasteiger charge is 2.19. The number of hydrogen-bond donors (Lipinski definition) is 1. The van der Waals surface area contributed by atoms with E-state index in [1.54, 1.807) is 0 Å². The highest BCUT2D eigenvalue weighted by molar-refractivity contribution is 5.95. The number of hydrogen-bond acceptors (Lipinski definition) is 4. The maximum atomic E-state index is 13.5. The van der Waals surface area contributed by atoms with Gasteiger partial charge in [-0.3, -0.25) is 14.9 Å². The molecule has 20 heavy (non-hydrogen) atoms. The number of non-ortho nitro benzene ring substituents is 1. The third kappa shape index (κ3) is 3.51. The van der Waals surface area contributed by atoms with Crippen molar-refractivity contribution in [3.63, 3.8) is 0 Å². The molecule has 1 heterocycles. The Morgan fingerprint density at radius 2 is 2.35 bits per heavy atom. The molecule has 2 rings (SSSR count). The van der Waals surface area contributed by atoms with Crippen LogP contribution in [0, 0.1) is 21.8 Å². The number of rotatable bonds is 4. The quantitative estimate of drug-likeness (QED) is 0.675. The first kappa shape index (κ1) is 14.4. The van der Waals surface area contributed by atoms with Gasteiger partial charge in [0.2, 0.25) is 0 Å². The minimum absolute atomic E-state index is 0.203. The molecule has 1 aromatic rings. The maximum Gasteiger partial charge on any atom is 0.270 e. The van der Waals surface area contributed by atoms with E-state index < -0.39 is 16.6 Å². The number of nitrogens with zero attached hydrogens (tertiary/aromatic N) is 1. The van der Waals surface area contributed by atoms with Gasteiger partial charge in [0.1, 0.15) is 5.82 Å². The molecule has 1 unspecified atom stereocenters. The van der Waals surface area contributed by atoms with Crippen LogP contribution in [-0.2, 0) is 4.74 Å². The molecule has 0 spiro atoms. The van der Waals surface area contributed by atoms with E-state index >= 15 is 0 Å². The fourth-order valence-electron chi connectivity index (χ4n) is 2.10. The highest BCUT2D eigenvalue weighted by atomic mass is 19.1. The van der Waals surface area contributed by atoms with Gasteiger partial charge in [0.05, 0.1) is 17.1 Å². The monoisotopic (exact) mass is 282 g/mol. The number of halogens is 1. The van der Waals surface area contributed by atoms with E-state index in [9.17, 15) is 19.3 Å². The summed E-state index contributed by atoms with van der Waals surface area (Å²) in [5.41, 5.74) is -0.617. The molecule has 0 aromatic heterocycles. The van der Waals surface area contributed by atoms with E-state index in [2.05, 4.69) is 5.32 Å². The first-order valence-electron chi connectivity index (χ1n) is 6.38. The van der Waals surface area contributed by atoms with Crippen molar-refractivity contribution in [1.29, 1.82) is 0 Å². The van der Waals surface area contributed by atoms with Crippen molar-refractivity contribution in [2.45, 2.75) is 12.8 Å². The second kappa shape index (κ2) is 6.42. The predicted molar refractivity (Wildman–Crippen MR) is 68.9 cm³/mol. The van der Waals surface area contributed by atoms with E-state index in [1.807, 2.05) is 0 Å². The third-order valence-electron chi connectivity index (χ3n) is 3.21. The Labute approximate surface area is 115 Å². The number of benzene rings is 1. The van der Waals surface area contributed by atoms with Crippen molar-refractivity contribution in [2.24, 2.45) is 5.92 Å². The van der Waals surface area contributed by atoms with Crippen molar-refractivity contribution in [3.8, 4) is 0 Å². The summed E-state index contributed by atoms with van der Waals surface area (Å²) in [6, 6.07) is 2.90. The summed E-state index contributed by atoms with van der Waals surface area (Å²) in [6.07, 6.45) is 1.88. The van der Waals surface area contributed by atoms with E-state index in [4.69, 9.17) is 4.74 Å². The zero-order valence-corrected chi connectivity index (χ0v) is 10.8. The van der Waals surface area contributed by atoms with Crippen LogP contribution >= 0.6 is 0 Å². The summed E-state index contributed by atoms with van der Waals surface area (Å²) in [4.78, 5) is 21.8. The smallest absolute Gasteiger partial charge is 0.270 e. The largest absolute Gasteiger partial charge is 0.381 e. The van der Waals surface area contributed by atoms with Crippen LogP contribution in [-0.4, -0.2) is 30.6 Å². The molecule has 1 saturated heterocycles. The first-order valence-corrected chi connectivity index (χ1v) is 6.38. The van der Waals surface area contributed by atoms with Crippen LogP contribution in [0.3, 0.4) is 0 Å². The predicted octanol–water partition coefficient (Wildman–Crippen LogP) is 1.89. The normalized spacial score (nSPS) is 18.6. The van der Waals surface area contributed by atoms with Gasteiger partial charge in [-0.15, -0.1) is 0 Å². The Hall–Kier alpha value is -2.02. The summed E-state index contributed by atoms with van der Waals surface area (Å²) in [6.45, 7) is 1.67. The molecule has 0 aliphatic carbocycles. The molecule has 0 saturated carbocycles. The highest BCUT2D eigenvalue weighted by Crippen LogP contribution is 2.17. The van der Waals surface area contributed by atoms with Crippen LogP contribution in [0.5, 0.6) is 0 Å². The summed E-state index contributed by atoms with van der Waals surface area (Å²) < 4.78 is 18.8. The van der Waals surface area contributed by atoms with Gasteiger partial charge in [-0.1, -0.05) is 0 Å². The van der Waals surface area contributed by atoms with Gasteiger partial charge in [0.15, 0.2) is 0 Å². The maximum absolute atomic E-state index is 13.5. The summed E-state index contributed by atoms with van der Waals surface area (Å²) in [7, 11) is 0. The van der Waals surface area contributed by atoms with Crippen LogP contribution < -0.4 is 5.32 Å². The standard InChI is InChI=1S/C13H15FN2O4/c14-12-4-3-10(16(18)19)6-11(12)13(17)15-7-9-2-1-5-20-8-9/h3-4,6,9H,1-2,5,7-8H2,(H,15,17). The fourth-order valence-corrected chi connectivity index (χ4v) is 2.10. The molecule has 0 bridgehead atoms. The molecule has 7 heteroatoms. The molecule has 1 aliphatic rings. The molecule has 6 nitrogen and oxygen atoms in total. The Morgan fingerprint density at radius 1 is 1.55 bits per heavy atom. The lowest BCUT2D eigenvalue weighted by Crippen LogP contribution is -2.33. The molecule has 0 radical (unpaired) electrons. The zero-order valence-electron chi connectivity index (χ0n) is 10.8. The Bertz CT molecular complexity index is 515. The van der Waals surface area contributed by atoms with Crippen LogP contribution in [0.25, 0.3) is 0 Å². The number of ether oxygens (including phenoxy) is 1. The van der Waals surface area contributed by atoms with Crippen LogP contribution in [0.2, 0.25) is 0 Å². The van der Waals surface area contributed by atoms with E-state index in [1.165, 1.54) is 0 Å². The van der Waals surface area contributed by atoms with Gasteiger partial charge in [-0.2, -0.15) is 0 Å². The molecule has 1 fully saturated rings. The molecule has 108 valence electrons. The number of nitro benzene ring substituents is 1. The molecular weight excluding hydrogens is 267 g/mol. The van der Waals surface area contributed by atoms with Crippen LogP contribution in [0.4, 0.5) is 10.1 Å². The molecule has 1 aliphatic heterocycles. The number of nitro groups is 1. The van der Waals surface area contributed by atoms with E-state index in [0.29, 0.717) is 13.2 Å². The minimum atomic E-state index is -0.770. The summed E-state index contributed by atoms with van der Waals surface area (Å²) in [5, 5.41) is 13.2. The second-order valence-electron chi connectivity index (χ2n) is 4.71. The van der Waals surface area contributed by atoms with Crippen molar-refractivity contribution in [2.75, 3.05) is 19.8 Å². The van der Waals surface area contributed by atoms with Crippen LogP contribution in [0.15, 0.2) is 18.2 Å². The van der Waals surface area contributed by atoms with Gasteiger partial charge in [-0.25, -0.2) is 4.39 Å². The van der Waals surface area contributed by atoms with Gasteiger partial charge in [0, 0.05) is 25.3 Å². The number of carbonyl (C=O) groups excluding carboxylic acids is 1. The SMILES string of the molecule is O=C(NCC1CCCOC1)c1cc([N+](=O)[O-])ccc1F. The third-order valence-corrected chi connectivity index (χ3v) is 3.21. The topological polar surface area (TPSA) is 81.5 Å². The lowest BCUT2D eigenvalue weighted by Gasteiger charge is -2.22. The Kier molecular flexibility index (Phi) is 4.62. The van der Waals surface area contributed by atoms with Crippen molar-refractivity contribution >= 4 is 11.6 Å². The van der Waals surface area contributed by atoms with Gasteiger partial charge in [0.25, 0.3) is 11.6 Å². The minimum Gasteiger partial charge on any atom is -0.381 e. The van der Waals surface area contributed by atoms with Crippen molar-refractivity contribution < 1.29 is 18.8 Å². The fraction of sp³-hybridized carbons (Fsp3) is 0.462. The van der Waals surface area contributed by atoms with Crippen molar-refractivity contribution in [1.82, 2.24) is 5.32 Å². The number of amides is 1. The second-order valence-corrected chi connectivity index (χ2v) is 4.71. The van der Waals surface area contributed by atoms with E-state index in [0.717, 1.165) is 37.6 Å². The molecular formula is C13H15FN2O4. The average molecular weight is 282 g/mol. The zero-order chi connectivity index (χ0) is 14.5. The number of carbonyl (C=O) groups is 1. The molecule has 1 aromatic carbocycles. The Morgan fingerprint density at radius 3 is 3.00 bits per heavy atom. The molecule has 1 N–H and O–H groups in total. The lowest BCUT2D eigenvalue weighted by atomic mass is 10.0. The van der Waals surface area contributed by atoms with Crippen LogP contribution in [0.1, 0.15) is 23.2 Å². The summed E-state index contributed by atoms with van der Waals surface area (Å²) >= 11 is 0. The van der Waals surface area contributed by atoms with Gasteiger partial charge >= 0.3 is 0 Å².